The van der Waals surface area contributed by atoms with E-state index in [4.69, 9.17) is 5.11 Å². The van der Waals surface area contributed by atoms with Crippen molar-refractivity contribution in [1.82, 2.24) is 4.90 Å². The molecule has 0 unspecified atom stereocenters. The first kappa shape index (κ1) is 14.9. The number of nitrogens with zero attached hydrogens (tertiary/aromatic N) is 1. The van der Waals surface area contributed by atoms with Gasteiger partial charge in [0.25, 0.3) is 0 Å². The third kappa shape index (κ3) is 3.80. The summed E-state index contributed by atoms with van der Waals surface area (Å²) in [4.78, 5) is 23.6. The molecule has 0 spiro atoms. The normalized spacial score (nSPS) is 12.2. The molecule has 1 N–H and O–H groups in total. The highest BCUT2D eigenvalue weighted by atomic mass is 32.2. The maximum absolute atomic E-state index is 11.6. The zero-order valence-corrected chi connectivity index (χ0v) is 10.7. The minimum Gasteiger partial charge on any atom is -0.480 e. The molecule has 0 aliphatic carbocycles. The van der Waals surface area contributed by atoms with E-state index in [-0.39, 0.29) is 6.54 Å². The molecular formula is C9H17NO5S. The fraction of sp³-hybridized carbons (Fsp3) is 0.778. The molecule has 0 rings (SSSR count). The molecule has 0 saturated carbocycles. The topological polar surface area (TPSA) is 91.8 Å². The molecule has 0 saturated heterocycles. The summed E-state index contributed by atoms with van der Waals surface area (Å²) < 4.78 is 21.9. The molecule has 0 atom stereocenters. The summed E-state index contributed by atoms with van der Waals surface area (Å²) in [6.07, 6.45) is 0.937. The summed E-state index contributed by atoms with van der Waals surface area (Å²) in [6, 6.07) is 0. The van der Waals surface area contributed by atoms with Gasteiger partial charge in [-0.25, -0.2) is 13.2 Å². The van der Waals surface area contributed by atoms with Crippen LogP contribution in [-0.4, -0.2) is 54.4 Å². The van der Waals surface area contributed by atoms with Crippen LogP contribution >= 0.6 is 0 Å². The van der Waals surface area contributed by atoms with Gasteiger partial charge in [0.15, 0.2) is 9.84 Å². The smallest absolute Gasteiger partial charge is 0.329 e. The van der Waals surface area contributed by atoms with Crippen LogP contribution in [0, 0.1) is 0 Å². The number of carboxylic acid groups (broad SMARTS) is 1. The van der Waals surface area contributed by atoms with Crippen molar-refractivity contribution in [2.75, 3.05) is 18.6 Å². The highest BCUT2D eigenvalue weighted by molar-refractivity contribution is 7.91. The Kier molecular flexibility index (Phi) is 4.48. The lowest BCUT2D eigenvalue weighted by molar-refractivity contribution is -0.155. The molecule has 0 aliphatic heterocycles. The SMILES string of the molecule is CCN(C(=O)CS(C)(=O)=O)C(C)(C)C(=O)O. The molecule has 0 bridgehead atoms. The third-order valence-electron chi connectivity index (χ3n) is 2.20. The van der Waals surface area contributed by atoms with Crippen molar-refractivity contribution in [3.05, 3.63) is 0 Å². The van der Waals surface area contributed by atoms with Gasteiger partial charge < -0.3 is 10.0 Å². The molecule has 1 amide bonds. The Hall–Kier alpha value is -1.11. The van der Waals surface area contributed by atoms with Crippen molar-refractivity contribution in [2.45, 2.75) is 26.3 Å². The Morgan fingerprint density at radius 1 is 1.31 bits per heavy atom. The molecule has 6 nitrogen and oxygen atoms in total. The maximum atomic E-state index is 11.6. The summed E-state index contributed by atoms with van der Waals surface area (Å²) >= 11 is 0. The second-order valence-corrected chi connectivity index (χ2v) is 6.21. The van der Waals surface area contributed by atoms with Gasteiger partial charge in [-0.05, 0) is 20.8 Å². The number of carbonyl (C=O) groups is 2. The number of hydrogen-bond donors (Lipinski definition) is 1. The lowest BCUT2D eigenvalue weighted by Gasteiger charge is -2.34. The third-order valence-corrected chi connectivity index (χ3v) is 2.97. The lowest BCUT2D eigenvalue weighted by atomic mass is 10.0. The van der Waals surface area contributed by atoms with E-state index in [1.165, 1.54) is 13.8 Å². The fourth-order valence-electron chi connectivity index (χ4n) is 1.30. The number of likely N-dealkylation sites (N-methyl/N-ethyl adjacent to an activating group) is 1. The number of rotatable bonds is 5. The first-order valence-corrected chi connectivity index (χ1v) is 6.80. The lowest BCUT2D eigenvalue weighted by Crippen LogP contribution is -2.54. The Balaban J connectivity index is 5.03. The van der Waals surface area contributed by atoms with Crippen LogP contribution in [0.15, 0.2) is 0 Å². The molecule has 0 aliphatic rings. The van der Waals surface area contributed by atoms with E-state index < -0.39 is 33.0 Å². The van der Waals surface area contributed by atoms with Gasteiger partial charge in [0.1, 0.15) is 11.3 Å². The van der Waals surface area contributed by atoms with E-state index in [1.807, 2.05) is 0 Å². The molecule has 0 heterocycles. The predicted octanol–water partition coefficient (Wildman–Crippen LogP) is -0.257. The van der Waals surface area contributed by atoms with Gasteiger partial charge in [0, 0.05) is 12.8 Å². The fourth-order valence-corrected chi connectivity index (χ4v) is 1.91. The zero-order valence-electron chi connectivity index (χ0n) is 9.85. The number of amides is 1. The first-order chi connectivity index (χ1) is 7.02. The van der Waals surface area contributed by atoms with Gasteiger partial charge in [-0.3, -0.25) is 4.79 Å². The van der Waals surface area contributed by atoms with E-state index in [0.29, 0.717) is 0 Å². The van der Waals surface area contributed by atoms with Crippen molar-refractivity contribution in [3.63, 3.8) is 0 Å². The quantitative estimate of drug-likeness (QED) is 0.727. The molecule has 0 aromatic rings. The monoisotopic (exact) mass is 251 g/mol. The van der Waals surface area contributed by atoms with E-state index in [1.54, 1.807) is 6.92 Å². The average molecular weight is 251 g/mol. The summed E-state index contributed by atoms with van der Waals surface area (Å²) in [5, 5.41) is 8.95. The van der Waals surface area contributed by atoms with Crippen LogP contribution in [0.4, 0.5) is 0 Å². The van der Waals surface area contributed by atoms with Crippen LogP contribution in [0.3, 0.4) is 0 Å². The zero-order chi connectivity index (χ0) is 13.1. The van der Waals surface area contributed by atoms with E-state index in [2.05, 4.69) is 0 Å². The minimum atomic E-state index is -3.45. The standard InChI is InChI=1S/C9H17NO5S/c1-5-10(9(2,3)8(12)13)7(11)6-16(4,14)15/h5-6H2,1-4H3,(H,12,13). The van der Waals surface area contributed by atoms with Gasteiger partial charge in [0.2, 0.25) is 5.91 Å². The van der Waals surface area contributed by atoms with Crippen LogP contribution in [0.2, 0.25) is 0 Å². The van der Waals surface area contributed by atoms with Crippen molar-refractivity contribution in [2.24, 2.45) is 0 Å². The van der Waals surface area contributed by atoms with Crippen molar-refractivity contribution >= 4 is 21.7 Å². The largest absolute Gasteiger partial charge is 0.480 e. The van der Waals surface area contributed by atoms with Gasteiger partial charge in [-0.15, -0.1) is 0 Å². The average Bonchev–Trinajstić information content (AvgIpc) is 2.00. The Labute approximate surface area is 95.2 Å². The van der Waals surface area contributed by atoms with E-state index >= 15 is 0 Å². The molecule has 16 heavy (non-hydrogen) atoms. The Morgan fingerprint density at radius 2 is 1.75 bits per heavy atom. The minimum absolute atomic E-state index is 0.146. The van der Waals surface area contributed by atoms with Gasteiger partial charge >= 0.3 is 5.97 Å². The highest BCUT2D eigenvalue weighted by Crippen LogP contribution is 2.15. The number of hydrogen-bond acceptors (Lipinski definition) is 4. The number of carboxylic acids is 1. The highest BCUT2D eigenvalue weighted by Gasteiger charge is 2.37. The first-order valence-electron chi connectivity index (χ1n) is 4.74. The van der Waals surface area contributed by atoms with Crippen molar-refractivity contribution in [3.8, 4) is 0 Å². The van der Waals surface area contributed by atoms with Crippen LogP contribution in [0.5, 0.6) is 0 Å². The molecule has 0 radical (unpaired) electrons. The van der Waals surface area contributed by atoms with E-state index in [9.17, 15) is 18.0 Å². The van der Waals surface area contributed by atoms with Crippen LogP contribution in [0.25, 0.3) is 0 Å². The summed E-state index contributed by atoms with van der Waals surface area (Å²) in [7, 11) is -3.45. The molecular weight excluding hydrogens is 234 g/mol. The van der Waals surface area contributed by atoms with Crippen LogP contribution in [-0.2, 0) is 19.4 Å². The second kappa shape index (κ2) is 4.82. The summed E-state index contributed by atoms with van der Waals surface area (Å²) in [5.74, 6) is -2.54. The Morgan fingerprint density at radius 3 is 2.00 bits per heavy atom. The van der Waals surface area contributed by atoms with Crippen molar-refractivity contribution < 1.29 is 23.1 Å². The van der Waals surface area contributed by atoms with E-state index in [0.717, 1.165) is 11.2 Å². The second-order valence-electron chi connectivity index (χ2n) is 4.07. The van der Waals surface area contributed by atoms with Crippen molar-refractivity contribution in [1.29, 1.82) is 0 Å². The molecule has 0 aromatic heterocycles. The van der Waals surface area contributed by atoms with Crippen LogP contribution in [0.1, 0.15) is 20.8 Å². The van der Waals surface area contributed by atoms with Gasteiger partial charge in [0.05, 0.1) is 0 Å². The number of carbonyl (C=O) groups excluding carboxylic acids is 1. The molecule has 0 aromatic carbocycles. The number of sulfone groups is 1. The predicted molar refractivity (Wildman–Crippen MR) is 58.8 cm³/mol. The number of aliphatic carboxylic acids is 1. The molecule has 94 valence electrons. The molecule has 7 heteroatoms. The van der Waals surface area contributed by atoms with Gasteiger partial charge in [-0.2, -0.15) is 0 Å². The molecule has 0 fully saturated rings. The van der Waals surface area contributed by atoms with Gasteiger partial charge in [-0.1, -0.05) is 0 Å². The Bertz CT molecular complexity index is 385. The maximum Gasteiger partial charge on any atom is 0.329 e. The van der Waals surface area contributed by atoms with Crippen LogP contribution < -0.4 is 0 Å². The summed E-state index contributed by atoms with van der Waals surface area (Å²) in [5.41, 5.74) is -1.41. The summed E-state index contributed by atoms with van der Waals surface area (Å²) in [6.45, 7) is 4.47.